The van der Waals surface area contributed by atoms with Crippen molar-refractivity contribution in [3.63, 3.8) is 0 Å². The first kappa shape index (κ1) is 22.0. The molecular formula is C20H35N5O. The number of amides is 1. The lowest BCUT2D eigenvalue weighted by molar-refractivity contribution is 0.0963. The number of nitrogens with zero attached hydrogens (tertiary/aromatic N) is 2. The van der Waals surface area contributed by atoms with E-state index in [1.165, 1.54) is 0 Å². The van der Waals surface area contributed by atoms with Crippen LogP contribution in [0.4, 0.5) is 0 Å². The summed E-state index contributed by atoms with van der Waals surface area (Å²) in [5, 5.41) is 9.35. The Balaban J connectivity index is 2.42. The summed E-state index contributed by atoms with van der Waals surface area (Å²) >= 11 is 0. The number of guanidine groups is 1. The Bertz CT molecular complexity index is 575. The van der Waals surface area contributed by atoms with Crippen LogP contribution in [-0.2, 0) is 6.42 Å². The minimum absolute atomic E-state index is 0.0582. The number of nitrogens with one attached hydrogen (secondary N) is 3. The molecule has 0 heterocycles. The molecule has 0 radical (unpaired) electrons. The van der Waals surface area contributed by atoms with Crippen LogP contribution in [0.5, 0.6) is 0 Å². The maximum atomic E-state index is 11.7. The van der Waals surface area contributed by atoms with Gasteiger partial charge in [0, 0.05) is 51.4 Å². The zero-order chi connectivity index (χ0) is 19.5. The van der Waals surface area contributed by atoms with Gasteiger partial charge in [0.25, 0.3) is 5.91 Å². The fourth-order valence-electron chi connectivity index (χ4n) is 2.97. The van der Waals surface area contributed by atoms with Gasteiger partial charge in [0.2, 0.25) is 0 Å². The number of carbonyl (C=O) groups is 1. The highest BCUT2D eigenvalue weighted by Gasteiger charge is 2.12. The molecule has 0 fully saturated rings. The van der Waals surface area contributed by atoms with E-state index in [1.54, 1.807) is 14.1 Å². The molecule has 0 spiro atoms. The second-order valence-corrected chi connectivity index (χ2v) is 6.88. The fourth-order valence-corrected chi connectivity index (χ4v) is 2.97. The molecule has 0 unspecified atom stereocenters. The van der Waals surface area contributed by atoms with Crippen molar-refractivity contribution in [2.24, 2.45) is 4.99 Å². The molecule has 1 aromatic rings. The first-order valence-electron chi connectivity index (χ1n) is 9.40. The van der Waals surface area contributed by atoms with Gasteiger partial charge >= 0.3 is 0 Å². The van der Waals surface area contributed by atoms with Crippen molar-refractivity contribution in [1.29, 1.82) is 0 Å². The van der Waals surface area contributed by atoms with E-state index in [-0.39, 0.29) is 5.91 Å². The van der Waals surface area contributed by atoms with Crippen LogP contribution >= 0.6 is 0 Å². The number of hydrogen-bond donors (Lipinski definition) is 3. The average Bonchev–Trinajstić information content (AvgIpc) is 2.62. The summed E-state index contributed by atoms with van der Waals surface area (Å²) in [6, 6.07) is 8.76. The highest BCUT2D eigenvalue weighted by Crippen LogP contribution is 2.06. The summed E-state index contributed by atoms with van der Waals surface area (Å²) in [5.41, 5.74) is 1.81. The van der Waals surface area contributed by atoms with Crippen LogP contribution < -0.4 is 16.0 Å². The molecule has 1 aromatic carbocycles. The topological polar surface area (TPSA) is 68.8 Å². The summed E-state index contributed by atoms with van der Waals surface area (Å²) in [7, 11) is 3.43. The minimum atomic E-state index is -0.0582. The van der Waals surface area contributed by atoms with Crippen molar-refractivity contribution in [2.75, 3.05) is 33.7 Å². The molecule has 0 saturated carbocycles. The smallest absolute Gasteiger partial charge is 0.251 e. The maximum Gasteiger partial charge on any atom is 0.251 e. The van der Waals surface area contributed by atoms with E-state index in [0.717, 1.165) is 37.6 Å². The van der Waals surface area contributed by atoms with Gasteiger partial charge in [0.15, 0.2) is 5.96 Å². The SMILES string of the molecule is CN=C(NCCc1cccc(C(=O)NC)c1)NCCN(C(C)C)C(C)C. The Morgan fingerprint density at radius 1 is 1.12 bits per heavy atom. The van der Waals surface area contributed by atoms with Crippen LogP contribution in [0.2, 0.25) is 0 Å². The van der Waals surface area contributed by atoms with Gasteiger partial charge in [-0.3, -0.25) is 14.7 Å². The lowest BCUT2D eigenvalue weighted by Crippen LogP contribution is -2.45. The first-order chi connectivity index (χ1) is 12.4. The molecule has 0 saturated heterocycles. The van der Waals surface area contributed by atoms with E-state index in [4.69, 9.17) is 0 Å². The Hall–Kier alpha value is -2.08. The molecule has 1 rings (SSSR count). The number of carbonyl (C=O) groups excluding carboxylic acids is 1. The van der Waals surface area contributed by atoms with Crippen LogP contribution in [-0.4, -0.2) is 62.6 Å². The molecule has 146 valence electrons. The van der Waals surface area contributed by atoms with Crippen molar-refractivity contribution in [3.05, 3.63) is 35.4 Å². The highest BCUT2D eigenvalue weighted by atomic mass is 16.1. The standard InChI is InChI=1S/C20H35N5O/c1-15(2)25(16(3)4)13-12-24-20(22-6)23-11-10-17-8-7-9-18(14-17)19(26)21-5/h7-9,14-16H,10-13H2,1-6H3,(H,21,26)(H2,22,23,24). The summed E-state index contributed by atoms with van der Waals surface area (Å²) < 4.78 is 0. The molecular weight excluding hydrogens is 326 g/mol. The van der Waals surface area contributed by atoms with Crippen molar-refractivity contribution in [2.45, 2.75) is 46.2 Å². The molecule has 3 N–H and O–H groups in total. The number of rotatable bonds is 9. The number of aliphatic imine (C=N–C) groups is 1. The van der Waals surface area contributed by atoms with E-state index in [2.05, 4.69) is 53.5 Å². The van der Waals surface area contributed by atoms with Crippen LogP contribution in [0.1, 0.15) is 43.6 Å². The monoisotopic (exact) mass is 361 g/mol. The third-order valence-electron chi connectivity index (χ3n) is 4.33. The molecule has 6 heteroatoms. The predicted octanol–water partition coefficient (Wildman–Crippen LogP) is 1.87. The Labute approximate surface area is 158 Å². The van der Waals surface area contributed by atoms with Crippen molar-refractivity contribution < 1.29 is 4.79 Å². The summed E-state index contributed by atoms with van der Waals surface area (Å²) in [4.78, 5) is 18.4. The molecule has 1 amide bonds. The van der Waals surface area contributed by atoms with Gasteiger partial charge in [-0.2, -0.15) is 0 Å². The zero-order valence-electron chi connectivity index (χ0n) is 17.1. The van der Waals surface area contributed by atoms with Crippen molar-refractivity contribution in [1.82, 2.24) is 20.9 Å². The van der Waals surface area contributed by atoms with E-state index < -0.39 is 0 Å². The summed E-state index contributed by atoms with van der Waals surface area (Å²) in [5.74, 6) is 0.747. The Morgan fingerprint density at radius 2 is 1.77 bits per heavy atom. The molecule has 0 aliphatic heterocycles. The van der Waals surface area contributed by atoms with Crippen molar-refractivity contribution in [3.8, 4) is 0 Å². The lowest BCUT2D eigenvalue weighted by Gasteiger charge is -2.30. The van der Waals surface area contributed by atoms with Gasteiger partial charge in [0.05, 0.1) is 0 Å². The van der Waals surface area contributed by atoms with Crippen LogP contribution in [0, 0.1) is 0 Å². The summed E-state index contributed by atoms with van der Waals surface area (Å²) in [6.07, 6.45) is 0.829. The number of benzene rings is 1. The van der Waals surface area contributed by atoms with Gasteiger partial charge in [-0.25, -0.2) is 0 Å². The lowest BCUT2D eigenvalue weighted by atomic mass is 10.1. The third-order valence-corrected chi connectivity index (χ3v) is 4.33. The van der Waals surface area contributed by atoms with Gasteiger partial charge in [-0.15, -0.1) is 0 Å². The minimum Gasteiger partial charge on any atom is -0.356 e. The number of hydrogen-bond acceptors (Lipinski definition) is 3. The third kappa shape index (κ3) is 7.44. The van der Waals surface area contributed by atoms with Crippen LogP contribution in [0.15, 0.2) is 29.3 Å². The quantitative estimate of drug-likeness (QED) is 0.464. The average molecular weight is 362 g/mol. The fraction of sp³-hybridized carbons (Fsp3) is 0.600. The molecule has 0 aliphatic carbocycles. The maximum absolute atomic E-state index is 11.7. The molecule has 26 heavy (non-hydrogen) atoms. The molecule has 0 bridgehead atoms. The van der Waals surface area contributed by atoms with Crippen LogP contribution in [0.3, 0.4) is 0 Å². The van der Waals surface area contributed by atoms with Crippen LogP contribution in [0.25, 0.3) is 0 Å². The van der Waals surface area contributed by atoms with Gasteiger partial charge in [-0.1, -0.05) is 12.1 Å². The second-order valence-electron chi connectivity index (χ2n) is 6.88. The largest absolute Gasteiger partial charge is 0.356 e. The zero-order valence-corrected chi connectivity index (χ0v) is 17.1. The van der Waals surface area contributed by atoms with E-state index in [0.29, 0.717) is 17.6 Å². The van der Waals surface area contributed by atoms with Gasteiger partial charge in [-0.05, 0) is 51.8 Å². The van der Waals surface area contributed by atoms with Gasteiger partial charge in [0.1, 0.15) is 0 Å². The molecule has 6 nitrogen and oxygen atoms in total. The molecule has 0 aromatic heterocycles. The molecule has 0 atom stereocenters. The first-order valence-corrected chi connectivity index (χ1v) is 9.40. The molecule has 0 aliphatic rings. The normalized spacial score (nSPS) is 12.0. The van der Waals surface area contributed by atoms with E-state index in [9.17, 15) is 4.79 Å². The van der Waals surface area contributed by atoms with Gasteiger partial charge < -0.3 is 16.0 Å². The highest BCUT2D eigenvalue weighted by molar-refractivity contribution is 5.94. The van der Waals surface area contributed by atoms with E-state index >= 15 is 0 Å². The van der Waals surface area contributed by atoms with E-state index in [1.807, 2.05) is 24.3 Å². The predicted molar refractivity (Wildman–Crippen MR) is 110 cm³/mol. The Morgan fingerprint density at radius 3 is 2.35 bits per heavy atom. The van der Waals surface area contributed by atoms with Crippen molar-refractivity contribution >= 4 is 11.9 Å². The summed E-state index contributed by atoms with van der Waals surface area (Å²) in [6.45, 7) is 11.5. The Kier molecular flexibility index (Phi) is 9.73. The second kappa shape index (κ2) is 11.5.